The topological polar surface area (TPSA) is 49.4 Å². The maximum Gasteiger partial charge on any atom is 0.282 e. The molecule has 0 radical (unpaired) electrons. The van der Waals surface area contributed by atoms with Gasteiger partial charge in [-0.2, -0.15) is 0 Å². The Morgan fingerprint density at radius 1 is 1.15 bits per heavy atom. The highest BCUT2D eigenvalue weighted by Crippen LogP contribution is 2.24. The van der Waals surface area contributed by atoms with Crippen LogP contribution in [0.4, 0.5) is 5.69 Å². The molecule has 1 fully saturated rings. The number of rotatable bonds is 2. The van der Waals surface area contributed by atoms with Gasteiger partial charge in [-0.15, -0.1) is 11.3 Å². The van der Waals surface area contributed by atoms with Gasteiger partial charge in [0.25, 0.3) is 11.8 Å². The molecule has 2 amide bonds. The molecular weight excluding hydrogens is 272 g/mol. The number of amides is 2. The van der Waals surface area contributed by atoms with Crippen molar-refractivity contribution in [3.63, 3.8) is 0 Å². The average molecular weight is 284 g/mol. The number of anilines is 1. The molecule has 1 aromatic carbocycles. The summed E-state index contributed by atoms with van der Waals surface area (Å²) in [6.45, 7) is 1.95. The van der Waals surface area contributed by atoms with E-state index < -0.39 is 0 Å². The van der Waals surface area contributed by atoms with Crippen LogP contribution in [0.5, 0.6) is 0 Å². The van der Waals surface area contributed by atoms with Crippen LogP contribution >= 0.6 is 11.3 Å². The van der Waals surface area contributed by atoms with Gasteiger partial charge in [0, 0.05) is 4.88 Å². The van der Waals surface area contributed by atoms with E-state index in [1.54, 1.807) is 18.2 Å². The number of carbonyl (C=O) groups excluding carboxylic acids is 2. The third-order valence-electron chi connectivity index (χ3n) is 3.08. The first-order chi connectivity index (χ1) is 9.66. The summed E-state index contributed by atoms with van der Waals surface area (Å²) in [5.41, 5.74) is 4.46. The molecule has 2 aromatic rings. The number of carbonyl (C=O) groups is 2. The molecule has 2 heterocycles. The average Bonchev–Trinajstić information content (AvgIpc) is 2.98. The molecule has 0 atom stereocenters. The summed E-state index contributed by atoms with van der Waals surface area (Å²) in [6, 6.07) is 11.0. The second kappa shape index (κ2) is 4.94. The minimum absolute atomic E-state index is 0.166. The first-order valence-electron chi connectivity index (χ1n) is 6.13. The van der Waals surface area contributed by atoms with Crippen molar-refractivity contribution in [2.75, 3.05) is 5.01 Å². The van der Waals surface area contributed by atoms with Crippen molar-refractivity contribution >= 4 is 34.9 Å². The Morgan fingerprint density at radius 2 is 1.90 bits per heavy atom. The Balaban J connectivity index is 1.96. The fourth-order valence-electron chi connectivity index (χ4n) is 1.98. The minimum atomic E-state index is -0.369. The van der Waals surface area contributed by atoms with Gasteiger partial charge in [0.1, 0.15) is 5.57 Å². The van der Waals surface area contributed by atoms with E-state index in [1.807, 2.05) is 36.6 Å². The Hall–Kier alpha value is -2.40. The molecule has 100 valence electrons. The van der Waals surface area contributed by atoms with Crippen LogP contribution in [-0.2, 0) is 9.59 Å². The Labute approximate surface area is 120 Å². The van der Waals surface area contributed by atoms with Gasteiger partial charge in [-0.3, -0.25) is 15.0 Å². The van der Waals surface area contributed by atoms with Crippen molar-refractivity contribution < 1.29 is 9.59 Å². The number of thiophene rings is 1. The molecule has 0 unspecified atom stereocenters. The second-order valence-corrected chi connectivity index (χ2v) is 5.39. The second-order valence-electron chi connectivity index (χ2n) is 4.44. The third kappa shape index (κ3) is 2.12. The predicted molar refractivity (Wildman–Crippen MR) is 79.1 cm³/mol. The molecule has 0 bridgehead atoms. The smallest absolute Gasteiger partial charge is 0.267 e. The Kier molecular flexibility index (Phi) is 3.12. The number of hydrogen-bond acceptors (Lipinski definition) is 3. The van der Waals surface area contributed by atoms with Crippen LogP contribution in [0.2, 0.25) is 0 Å². The van der Waals surface area contributed by atoms with Crippen LogP contribution in [0, 0.1) is 6.92 Å². The SMILES string of the molecule is Cc1ccsc1/C=C1/C(=O)NN(c2ccccc2)C1=O. The van der Waals surface area contributed by atoms with Crippen LogP contribution in [0.1, 0.15) is 10.4 Å². The highest BCUT2D eigenvalue weighted by atomic mass is 32.1. The number of hydrazine groups is 1. The first kappa shape index (κ1) is 12.6. The lowest BCUT2D eigenvalue weighted by atomic mass is 10.2. The van der Waals surface area contributed by atoms with E-state index in [9.17, 15) is 9.59 Å². The molecule has 1 aliphatic heterocycles. The van der Waals surface area contributed by atoms with Gasteiger partial charge in [0.2, 0.25) is 0 Å². The maximum absolute atomic E-state index is 12.3. The zero-order valence-electron chi connectivity index (χ0n) is 10.8. The van der Waals surface area contributed by atoms with Crippen molar-refractivity contribution in [3.8, 4) is 0 Å². The molecule has 1 aliphatic rings. The Morgan fingerprint density at radius 3 is 2.55 bits per heavy atom. The highest BCUT2D eigenvalue weighted by Gasteiger charge is 2.34. The molecule has 1 saturated heterocycles. The summed E-state index contributed by atoms with van der Waals surface area (Å²) in [5.74, 6) is -0.694. The van der Waals surface area contributed by atoms with Crippen molar-refractivity contribution in [1.29, 1.82) is 0 Å². The van der Waals surface area contributed by atoms with Crippen LogP contribution in [-0.4, -0.2) is 11.8 Å². The zero-order valence-corrected chi connectivity index (χ0v) is 11.6. The number of benzene rings is 1. The van der Waals surface area contributed by atoms with Gasteiger partial charge in [0.05, 0.1) is 5.69 Å². The van der Waals surface area contributed by atoms with E-state index in [0.29, 0.717) is 5.69 Å². The van der Waals surface area contributed by atoms with E-state index in [2.05, 4.69) is 5.43 Å². The van der Waals surface area contributed by atoms with Crippen molar-refractivity contribution in [2.24, 2.45) is 0 Å². The van der Waals surface area contributed by atoms with E-state index >= 15 is 0 Å². The molecule has 0 aliphatic carbocycles. The summed E-state index contributed by atoms with van der Waals surface area (Å²) >= 11 is 1.51. The minimum Gasteiger partial charge on any atom is -0.267 e. The Bertz CT molecular complexity index is 704. The van der Waals surface area contributed by atoms with Gasteiger partial charge in [-0.25, -0.2) is 5.01 Å². The molecule has 20 heavy (non-hydrogen) atoms. The molecule has 4 nitrogen and oxygen atoms in total. The fourth-order valence-corrected chi connectivity index (χ4v) is 2.84. The first-order valence-corrected chi connectivity index (χ1v) is 7.01. The number of nitrogens with zero attached hydrogens (tertiary/aromatic N) is 1. The van der Waals surface area contributed by atoms with E-state index in [1.165, 1.54) is 16.3 Å². The lowest BCUT2D eigenvalue weighted by Gasteiger charge is -2.13. The van der Waals surface area contributed by atoms with Gasteiger partial charge < -0.3 is 0 Å². The summed E-state index contributed by atoms with van der Waals surface area (Å²) in [7, 11) is 0. The van der Waals surface area contributed by atoms with Crippen LogP contribution in [0.15, 0.2) is 47.4 Å². The third-order valence-corrected chi connectivity index (χ3v) is 4.05. The van der Waals surface area contributed by atoms with E-state index in [-0.39, 0.29) is 17.4 Å². The van der Waals surface area contributed by atoms with Crippen molar-refractivity contribution in [3.05, 3.63) is 57.8 Å². The number of para-hydroxylation sites is 1. The van der Waals surface area contributed by atoms with Gasteiger partial charge in [-0.05, 0) is 42.1 Å². The summed E-state index contributed by atoms with van der Waals surface area (Å²) in [5, 5.41) is 3.21. The van der Waals surface area contributed by atoms with Crippen molar-refractivity contribution in [1.82, 2.24) is 5.43 Å². The van der Waals surface area contributed by atoms with Crippen LogP contribution < -0.4 is 10.4 Å². The molecule has 0 spiro atoms. The fraction of sp³-hybridized carbons (Fsp3) is 0.0667. The van der Waals surface area contributed by atoms with E-state index in [0.717, 1.165) is 10.4 Å². The molecular formula is C15H12N2O2S. The summed E-state index contributed by atoms with van der Waals surface area (Å²) < 4.78 is 0. The lowest BCUT2D eigenvalue weighted by Crippen LogP contribution is -2.35. The van der Waals surface area contributed by atoms with Crippen LogP contribution in [0.3, 0.4) is 0 Å². The monoisotopic (exact) mass is 284 g/mol. The molecule has 3 rings (SSSR count). The molecule has 0 saturated carbocycles. The van der Waals surface area contributed by atoms with Crippen LogP contribution in [0.25, 0.3) is 6.08 Å². The van der Waals surface area contributed by atoms with Gasteiger partial charge in [0.15, 0.2) is 0 Å². The molecule has 1 aromatic heterocycles. The van der Waals surface area contributed by atoms with Gasteiger partial charge >= 0.3 is 0 Å². The molecule has 1 N–H and O–H groups in total. The van der Waals surface area contributed by atoms with Gasteiger partial charge in [-0.1, -0.05) is 18.2 Å². The van der Waals surface area contributed by atoms with Crippen molar-refractivity contribution in [2.45, 2.75) is 6.92 Å². The standard InChI is InChI=1S/C15H12N2O2S/c1-10-7-8-20-13(10)9-12-14(18)16-17(15(12)19)11-5-3-2-4-6-11/h2-9H,1H3,(H,16,18)/b12-9-. The lowest BCUT2D eigenvalue weighted by molar-refractivity contribution is -0.117. The quantitative estimate of drug-likeness (QED) is 0.680. The summed E-state index contributed by atoms with van der Waals surface area (Å²) in [4.78, 5) is 25.2. The number of hydrogen-bond donors (Lipinski definition) is 1. The van der Waals surface area contributed by atoms with E-state index in [4.69, 9.17) is 0 Å². The molecule has 5 heteroatoms. The zero-order chi connectivity index (χ0) is 14.1. The number of nitrogens with one attached hydrogen (secondary N) is 1. The predicted octanol–water partition coefficient (Wildman–Crippen LogP) is 2.52. The normalized spacial score (nSPS) is 16.9. The highest BCUT2D eigenvalue weighted by molar-refractivity contribution is 7.11. The number of aryl methyl sites for hydroxylation is 1. The summed E-state index contributed by atoms with van der Waals surface area (Å²) in [6.07, 6.45) is 1.65. The maximum atomic E-state index is 12.3. The largest absolute Gasteiger partial charge is 0.282 e.